The van der Waals surface area contributed by atoms with Crippen LogP contribution in [-0.2, 0) is 12.8 Å². The Hall–Kier alpha value is -4.08. The number of nitrogens with two attached hydrogens (primary N) is 1. The first-order chi connectivity index (χ1) is 20.7. The fourth-order valence-corrected chi connectivity index (χ4v) is 4.12. The molecule has 0 heterocycles. The van der Waals surface area contributed by atoms with Crippen LogP contribution in [0.25, 0.3) is 10.8 Å². The average molecular weight is 578 g/mol. The normalized spacial score (nSPS) is 11.1. The van der Waals surface area contributed by atoms with Crippen molar-refractivity contribution in [2.24, 2.45) is 5.73 Å². The molecule has 0 aliphatic rings. The fraction of sp³-hybridized carbons (Fsp3) is 0.300. The van der Waals surface area contributed by atoms with Crippen LogP contribution in [0, 0.1) is 6.92 Å². The lowest BCUT2D eigenvalue weighted by Crippen LogP contribution is -2.38. The van der Waals surface area contributed by atoms with Crippen LogP contribution < -0.4 is 16.4 Å². The molecule has 0 aromatic heterocycles. The Morgan fingerprint density at radius 1 is 0.721 bits per heavy atom. The molecule has 4 rings (SSSR count). The average Bonchev–Trinajstić information content (AvgIpc) is 3.02. The van der Waals surface area contributed by atoms with Gasteiger partial charge in [0.05, 0.1) is 12.6 Å². The molecule has 4 aromatic carbocycles. The third-order valence-electron chi connectivity index (χ3n) is 6.44. The molecule has 3 heteroatoms. The van der Waals surface area contributed by atoms with Gasteiger partial charge in [-0.2, -0.15) is 0 Å². The smallest absolute Gasteiger partial charge is 0.0539 e. The molecular weight excluding hydrogens is 522 g/mol. The van der Waals surface area contributed by atoms with E-state index in [0.29, 0.717) is 6.54 Å². The largest absolute Gasteiger partial charge is 0.382 e. The van der Waals surface area contributed by atoms with Crippen LogP contribution in [0.3, 0.4) is 0 Å². The van der Waals surface area contributed by atoms with Gasteiger partial charge in [0, 0.05) is 17.4 Å². The second-order valence-corrected chi connectivity index (χ2v) is 10.6. The molecule has 0 bridgehead atoms. The lowest BCUT2D eigenvalue weighted by molar-refractivity contribution is 0.606. The summed E-state index contributed by atoms with van der Waals surface area (Å²) in [5.74, 6) is 0. The molecular formula is C40H55N3. The van der Waals surface area contributed by atoms with Crippen molar-refractivity contribution in [2.75, 3.05) is 6.54 Å². The zero-order chi connectivity index (χ0) is 32.0. The topological polar surface area (TPSA) is 50.1 Å². The molecule has 0 saturated heterocycles. The highest BCUT2D eigenvalue weighted by Gasteiger charge is 2.13. The second kappa shape index (κ2) is 21.6. The molecule has 2 atom stereocenters. The third kappa shape index (κ3) is 15.1. The van der Waals surface area contributed by atoms with Crippen LogP contribution >= 0.6 is 0 Å². The predicted molar refractivity (Wildman–Crippen MR) is 192 cm³/mol. The van der Waals surface area contributed by atoms with Gasteiger partial charge in [0.25, 0.3) is 0 Å². The number of hydrogen-bond donors (Lipinski definition) is 3. The summed E-state index contributed by atoms with van der Waals surface area (Å²) >= 11 is 0. The van der Waals surface area contributed by atoms with Crippen molar-refractivity contribution in [3.63, 3.8) is 0 Å². The quantitative estimate of drug-likeness (QED) is 0.156. The van der Waals surface area contributed by atoms with Gasteiger partial charge in [-0.1, -0.05) is 168 Å². The molecule has 0 saturated carbocycles. The predicted octanol–water partition coefficient (Wildman–Crippen LogP) is 9.54. The van der Waals surface area contributed by atoms with E-state index in [0.717, 1.165) is 29.8 Å². The molecule has 4 N–H and O–H groups in total. The van der Waals surface area contributed by atoms with Gasteiger partial charge in [0.2, 0.25) is 0 Å². The number of fused-ring (bicyclic) bond motifs is 1. The van der Waals surface area contributed by atoms with Crippen molar-refractivity contribution in [3.8, 4) is 0 Å². The second-order valence-electron chi connectivity index (χ2n) is 10.6. The first-order valence-electron chi connectivity index (χ1n) is 15.5. The summed E-state index contributed by atoms with van der Waals surface area (Å²) < 4.78 is 0. The van der Waals surface area contributed by atoms with Crippen LogP contribution in [0.15, 0.2) is 140 Å². The molecule has 230 valence electrons. The Balaban J connectivity index is 0.000000649. The van der Waals surface area contributed by atoms with Crippen molar-refractivity contribution >= 4 is 10.8 Å². The Morgan fingerprint density at radius 3 is 1.79 bits per heavy atom. The maximum Gasteiger partial charge on any atom is 0.0539 e. The summed E-state index contributed by atoms with van der Waals surface area (Å²) in [6.07, 6.45) is 2.86. The molecule has 4 aromatic rings. The van der Waals surface area contributed by atoms with Crippen molar-refractivity contribution < 1.29 is 0 Å². The summed E-state index contributed by atoms with van der Waals surface area (Å²) in [6.45, 7) is 25.4. The minimum atomic E-state index is -0.148. The van der Waals surface area contributed by atoms with Crippen LogP contribution in [0.4, 0.5) is 0 Å². The Bertz CT molecular complexity index is 1340. The number of benzene rings is 4. The fourth-order valence-electron chi connectivity index (χ4n) is 4.12. The lowest BCUT2D eigenvalue weighted by Gasteiger charge is -2.24. The summed E-state index contributed by atoms with van der Waals surface area (Å²) in [6, 6.07) is 35.5. The molecule has 3 nitrogen and oxygen atoms in total. The molecule has 0 aliphatic carbocycles. The van der Waals surface area contributed by atoms with Crippen molar-refractivity contribution in [2.45, 2.75) is 72.9 Å². The standard InChI is InChI=1S/C28H33N3.C7H8.C3H8.C2H6/c1-20(2)28(18-24-14-15-25-12-8-9-13-26(25)16-24)31-21(3)19-30-22(4)27(29)17-23-10-6-5-7-11-23;1-7-5-3-2-4-6-7;1-3-2;1-2/h5-16,27-28,30-31H,1,3-4,17-19,29H2,2H3;2-6H,1H3;3H2,1-2H3;1-2H3. The van der Waals surface area contributed by atoms with E-state index >= 15 is 0 Å². The maximum absolute atomic E-state index is 6.31. The van der Waals surface area contributed by atoms with E-state index in [9.17, 15) is 0 Å². The molecule has 0 fully saturated rings. The number of aryl methyl sites for hydroxylation is 1. The van der Waals surface area contributed by atoms with E-state index in [1.54, 1.807) is 0 Å². The van der Waals surface area contributed by atoms with Gasteiger partial charge < -0.3 is 16.4 Å². The Kier molecular flexibility index (Phi) is 18.6. The van der Waals surface area contributed by atoms with Gasteiger partial charge >= 0.3 is 0 Å². The maximum atomic E-state index is 6.31. The zero-order valence-corrected chi connectivity index (χ0v) is 27.5. The lowest BCUT2D eigenvalue weighted by atomic mass is 9.98. The zero-order valence-electron chi connectivity index (χ0n) is 27.5. The third-order valence-corrected chi connectivity index (χ3v) is 6.44. The van der Waals surface area contributed by atoms with Crippen molar-refractivity contribution in [3.05, 3.63) is 157 Å². The van der Waals surface area contributed by atoms with Crippen molar-refractivity contribution in [1.29, 1.82) is 0 Å². The van der Waals surface area contributed by atoms with Crippen molar-refractivity contribution in [1.82, 2.24) is 10.6 Å². The highest BCUT2D eigenvalue weighted by molar-refractivity contribution is 5.83. The van der Waals surface area contributed by atoms with Gasteiger partial charge in [0.15, 0.2) is 0 Å². The van der Waals surface area contributed by atoms with E-state index in [1.807, 2.05) is 57.2 Å². The minimum Gasteiger partial charge on any atom is -0.382 e. The molecule has 0 radical (unpaired) electrons. The van der Waals surface area contributed by atoms with Gasteiger partial charge in [0.1, 0.15) is 0 Å². The summed E-state index contributed by atoms with van der Waals surface area (Å²) in [7, 11) is 0. The van der Waals surface area contributed by atoms with Gasteiger partial charge in [-0.15, -0.1) is 0 Å². The van der Waals surface area contributed by atoms with Crippen LogP contribution in [0.5, 0.6) is 0 Å². The number of rotatable bonds is 11. The van der Waals surface area contributed by atoms with Crippen LogP contribution in [-0.4, -0.2) is 18.6 Å². The molecule has 0 spiro atoms. The van der Waals surface area contributed by atoms with E-state index in [4.69, 9.17) is 5.73 Å². The van der Waals surface area contributed by atoms with Gasteiger partial charge in [-0.25, -0.2) is 0 Å². The summed E-state index contributed by atoms with van der Waals surface area (Å²) in [5, 5.41) is 9.35. The molecule has 0 amide bonds. The Labute approximate surface area is 262 Å². The Morgan fingerprint density at radius 2 is 1.26 bits per heavy atom. The van der Waals surface area contributed by atoms with Gasteiger partial charge in [-0.3, -0.25) is 0 Å². The summed E-state index contributed by atoms with van der Waals surface area (Å²) in [4.78, 5) is 0. The van der Waals surface area contributed by atoms with E-state index < -0.39 is 0 Å². The first-order valence-corrected chi connectivity index (χ1v) is 15.5. The first kappa shape index (κ1) is 36.9. The summed E-state index contributed by atoms with van der Waals surface area (Å²) in [5.41, 5.74) is 12.9. The van der Waals surface area contributed by atoms with E-state index in [1.165, 1.54) is 33.9 Å². The number of hydrogen-bond acceptors (Lipinski definition) is 3. The van der Waals surface area contributed by atoms with Crippen LogP contribution in [0.2, 0.25) is 0 Å². The van der Waals surface area contributed by atoms with Gasteiger partial charge in [-0.05, 0) is 48.6 Å². The van der Waals surface area contributed by atoms with E-state index in [-0.39, 0.29) is 12.1 Å². The minimum absolute atomic E-state index is 0.113. The van der Waals surface area contributed by atoms with Crippen LogP contribution in [0.1, 0.15) is 57.7 Å². The molecule has 0 aliphatic heterocycles. The highest BCUT2D eigenvalue weighted by atomic mass is 15.0. The molecule has 2 unspecified atom stereocenters. The SMILES string of the molecule is C=C(CNC(=C)C(N)Cc1ccccc1)NC(Cc1ccc2ccccc2c1)C(=C)C.CC.CCC.Cc1ccccc1. The molecule has 43 heavy (non-hydrogen) atoms. The number of nitrogens with one attached hydrogen (secondary N) is 2. The monoisotopic (exact) mass is 577 g/mol. The highest BCUT2D eigenvalue weighted by Crippen LogP contribution is 2.18. The van der Waals surface area contributed by atoms with E-state index in [2.05, 4.69) is 118 Å².